The van der Waals surface area contributed by atoms with Crippen LogP contribution in [0.5, 0.6) is 0 Å². The van der Waals surface area contributed by atoms with Crippen LogP contribution >= 0.6 is 0 Å². The molecule has 1 radical (unpaired) electrons. The van der Waals surface area contributed by atoms with Gasteiger partial charge in [0.15, 0.2) is 0 Å². The molecule has 0 spiro atoms. The van der Waals surface area contributed by atoms with Gasteiger partial charge in [0.1, 0.15) is 0 Å². The highest BCUT2D eigenvalue weighted by Crippen LogP contribution is 2.28. The van der Waals surface area contributed by atoms with E-state index in [2.05, 4.69) is 12.8 Å². The topological polar surface area (TPSA) is 0 Å². The maximum atomic E-state index is 5.34. The van der Waals surface area contributed by atoms with E-state index in [1.165, 1.54) is 25.7 Å². The van der Waals surface area contributed by atoms with Gasteiger partial charge in [0.25, 0.3) is 0 Å². The summed E-state index contributed by atoms with van der Waals surface area (Å²) in [5.41, 5.74) is 0. The second kappa shape index (κ2) is 2.92. The molecule has 2 unspecified atom stereocenters. The zero-order valence-corrected chi connectivity index (χ0v) is 6.06. The highest BCUT2D eigenvalue weighted by molar-refractivity contribution is 4.96. The molecule has 1 fully saturated rings. The quantitative estimate of drug-likeness (QED) is 0.434. The van der Waals surface area contributed by atoms with Crippen molar-refractivity contribution in [3.63, 3.8) is 0 Å². The maximum absolute atomic E-state index is 5.34. The molecule has 1 rings (SSSR count). The molecule has 0 heterocycles. The Labute approximate surface area is 59.1 Å². The molecule has 0 aromatic rings. The van der Waals surface area contributed by atoms with Crippen LogP contribution in [0.2, 0.25) is 0 Å². The van der Waals surface area contributed by atoms with E-state index in [1.54, 1.807) is 0 Å². The number of terminal acetylenes is 1. The minimum Gasteiger partial charge on any atom is -0.120 e. The first-order valence-corrected chi connectivity index (χ1v) is 3.80. The van der Waals surface area contributed by atoms with Crippen molar-refractivity contribution in [2.24, 2.45) is 11.8 Å². The Hall–Kier alpha value is -0.440. The Morgan fingerprint density at radius 2 is 2.11 bits per heavy atom. The SMILES string of the molecule is C#CC1CCCCC1C.[H]. The van der Waals surface area contributed by atoms with Crippen LogP contribution in [0, 0.1) is 24.2 Å². The van der Waals surface area contributed by atoms with Crippen molar-refractivity contribution < 1.29 is 1.43 Å². The summed E-state index contributed by atoms with van der Waals surface area (Å²) in [6.45, 7) is 2.27. The van der Waals surface area contributed by atoms with Gasteiger partial charge >= 0.3 is 0 Å². The van der Waals surface area contributed by atoms with Gasteiger partial charge in [-0.1, -0.05) is 19.8 Å². The van der Waals surface area contributed by atoms with Gasteiger partial charge in [0.05, 0.1) is 0 Å². The van der Waals surface area contributed by atoms with Crippen molar-refractivity contribution in [3.05, 3.63) is 0 Å². The molecule has 9 heavy (non-hydrogen) atoms. The Kier molecular flexibility index (Phi) is 2.16. The fraction of sp³-hybridized carbons (Fsp3) is 0.778. The average molecular weight is 123 g/mol. The molecule has 0 amide bonds. The molecule has 1 aliphatic carbocycles. The number of rotatable bonds is 0. The van der Waals surface area contributed by atoms with Crippen molar-refractivity contribution in [2.75, 3.05) is 0 Å². The monoisotopic (exact) mass is 123 g/mol. The molecule has 1 aliphatic rings. The van der Waals surface area contributed by atoms with Crippen LogP contribution in [0.3, 0.4) is 0 Å². The maximum Gasteiger partial charge on any atom is 0.0225 e. The smallest absolute Gasteiger partial charge is 0.0225 e. The fourth-order valence-electron chi connectivity index (χ4n) is 1.56. The van der Waals surface area contributed by atoms with Crippen LogP contribution in [-0.2, 0) is 0 Å². The van der Waals surface area contributed by atoms with Crippen molar-refractivity contribution >= 4 is 0 Å². The van der Waals surface area contributed by atoms with E-state index in [9.17, 15) is 0 Å². The first-order valence-electron chi connectivity index (χ1n) is 3.80. The molecule has 0 aromatic heterocycles. The summed E-state index contributed by atoms with van der Waals surface area (Å²) in [7, 11) is 0. The molecule has 0 heteroatoms. The second-order valence-electron chi connectivity index (χ2n) is 3.03. The van der Waals surface area contributed by atoms with E-state index in [-0.39, 0.29) is 1.43 Å². The van der Waals surface area contributed by atoms with Gasteiger partial charge in [-0.05, 0) is 18.8 Å². The van der Waals surface area contributed by atoms with Gasteiger partial charge in [-0.3, -0.25) is 0 Å². The Morgan fingerprint density at radius 3 is 2.56 bits per heavy atom. The molecule has 0 nitrogen and oxygen atoms in total. The molecule has 0 aliphatic heterocycles. The lowest BCUT2D eigenvalue weighted by Gasteiger charge is -2.23. The number of hydrogen-bond donors (Lipinski definition) is 0. The standard InChI is InChI=1S/C9H14.H/c1-3-9-7-5-4-6-8(9)2;/h1,8-9H,4-7H2,2H3;. The van der Waals surface area contributed by atoms with Crippen LogP contribution in [0.15, 0.2) is 0 Å². The van der Waals surface area contributed by atoms with E-state index in [4.69, 9.17) is 6.42 Å². The van der Waals surface area contributed by atoms with Crippen LogP contribution in [-0.4, -0.2) is 0 Å². The van der Waals surface area contributed by atoms with Gasteiger partial charge in [-0.25, -0.2) is 0 Å². The molecule has 1 saturated carbocycles. The summed E-state index contributed by atoms with van der Waals surface area (Å²) in [6, 6.07) is 0. The molecule has 2 atom stereocenters. The Balaban J connectivity index is 0.000000810. The lowest BCUT2D eigenvalue weighted by molar-refractivity contribution is 0.316. The third-order valence-electron chi connectivity index (χ3n) is 2.33. The zero-order chi connectivity index (χ0) is 6.69. The predicted octanol–water partition coefficient (Wildman–Crippen LogP) is 2.56. The zero-order valence-electron chi connectivity index (χ0n) is 7.06. The Morgan fingerprint density at radius 1 is 1.44 bits per heavy atom. The van der Waals surface area contributed by atoms with Gasteiger partial charge in [0.2, 0.25) is 0 Å². The van der Waals surface area contributed by atoms with Crippen molar-refractivity contribution in [3.8, 4) is 12.3 Å². The second-order valence-corrected chi connectivity index (χ2v) is 3.03. The third kappa shape index (κ3) is 1.48. The molecule has 0 saturated heterocycles. The summed E-state index contributed by atoms with van der Waals surface area (Å²) in [4.78, 5) is 0. The van der Waals surface area contributed by atoms with Crippen LogP contribution in [0.1, 0.15) is 34.0 Å². The normalized spacial score (nSPS) is 35.6. The third-order valence-corrected chi connectivity index (χ3v) is 2.33. The van der Waals surface area contributed by atoms with Gasteiger partial charge in [0, 0.05) is 7.34 Å². The van der Waals surface area contributed by atoms with Crippen molar-refractivity contribution in [1.29, 1.82) is 0 Å². The predicted molar refractivity (Wildman–Crippen MR) is 41.1 cm³/mol. The lowest BCUT2D eigenvalue weighted by atomic mass is 9.81. The summed E-state index contributed by atoms with van der Waals surface area (Å²) >= 11 is 0. The van der Waals surface area contributed by atoms with E-state index < -0.39 is 0 Å². The fourth-order valence-corrected chi connectivity index (χ4v) is 1.56. The van der Waals surface area contributed by atoms with Crippen molar-refractivity contribution in [1.82, 2.24) is 0 Å². The van der Waals surface area contributed by atoms with E-state index in [0.29, 0.717) is 5.92 Å². The molecule has 0 aromatic carbocycles. The lowest BCUT2D eigenvalue weighted by Crippen LogP contribution is -2.14. The summed E-state index contributed by atoms with van der Waals surface area (Å²) < 4.78 is 0. The molecule has 0 bridgehead atoms. The van der Waals surface area contributed by atoms with E-state index in [0.717, 1.165) is 5.92 Å². The summed E-state index contributed by atoms with van der Waals surface area (Å²) in [6.07, 6.45) is 10.7. The molecule has 51 valence electrons. The summed E-state index contributed by atoms with van der Waals surface area (Å²) in [5, 5.41) is 0. The van der Waals surface area contributed by atoms with Crippen molar-refractivity contribution in [2.45, 2.75) is 32.6 Å². The first kappa shape index (κ1) is 6.68. The number of hydrogen-bond acceptors (Lipinski definition) is 0. The van der Waals surface area contributed by atoms with Crippen LogP contribution in [0.4, 0.5) is 0 Å². The summed E-state index contributed by atoms with van der Waals surface area (Å²) in [5.74, 6) is 4.22. The molecular formula is C9H15. The highest BCUT2D eigenvalue weighted by atomic mass is 14.2. The van der Waals surface area contributed by atoms with E-state index >= 15 is 0 Å². The first-order chi connectivity index (χ1) is 4.34. The minimum absolute atomic E-state index is 0. The van der Waals surface area contributed by atoms with Crippen LogP contribution in [0.25, 0.3) is 0 Å². The highest BCUT2D eigenvalue weighted by Gasteiger charge is 2.18. The molecular weight excluding hydrogens is 108 g/mol. The Bertz CT molecular complexity index is 123. The minimum atomic E-state index is 0. The largest absolute Gasteiger partial charge is 0.120 e. The molecule has 0 N–H and O–H groups in total. The van der Waals surface area contributed by atoms with E-state index in [1.807, 2.05) is 0 Å². The van der Waals surface area contributed by atoms with Gasteiger partial charge in [-0.15, -0.1) is 12.3 Å². The van der Waals surface area contributed by atoms with Crippen LogP contribution < -0.4 is 0 Å². The van der Waals surface area contributed by atoms with Gasteiger partial charge in [-0.2, -0.15) is 0 Å². The van der Waals surface area contributed by atoms with Gasteiger partial charge < -0.3 is 0 Å². The average Bonchev–Trinajstić information content (AvgIpc) is 1.89.